The minimum Gasteiger partial charge on any atom is -0.497 e. The molecule has 15 heteroatoms. The first-order valence-corrected chi connectivity index (χ1v) is 13.4. The van der Waals surface area contributed by atoms with Crippen molar-refractivity contribution in [3.8, 4) is 5.75 Å². The van der Waals surface area contributed by atoms with Crippen LogP contribution in [0.3, 0.4) is 0 Å². The minimum absolute atomic E-state index is 0.111. The van der Waals surface area contributed by atoms with Gasteiger partial charge in [0.25, 0.3) is 30.3 Å². The highest BCUT2D eigenvalue weighted by atomic mass is 32.2. The molecule has 12 nitrogen and oxygen atoms in total. The van der Waals surface area contributed by atoms with Gasteiger partial charge in [0.15, 0.2) is 5.37 Å². The normalized spacial score (nSPS) is 14.4. The van der Waals surface area contributed by atoms with Gasteiger partial charge in [0.1, 0.15) is 11.1 Å². The molecule has 0 aliphatic heterocycles. The van der Waals surface area contributed by atoms with Gasteiger partial charge in [-0.25, -0.2) is 8.42 Å². The van der Waals surface area contributed by atoms with Gasteiger partial charge in [0.05, 0.1) is 12.0 Å². The van der Waals surface area contributed by atoms with Crippen LogP contribution in [0.5, 0.6) is 5.75 Å². The Hall–Kier alpha value is -2.43. The van der Waals surface area contributed by atoms with Crippen molar-refractivity contribution in [2.45, 2.75) is 22.6 Å². The highest BCUT2D eigenvalue weighted by Crippen LogP contribution is 2.21. The zero-order chi connectivity index (χ0) is 24.2. The molecule has 0 bridgehead atoms. The van der Waals surface area contributed by atoms with E-state index >= 15 is 0 Å². The number of anilines is 2. The standard InChI is InChI=1S/C17H23N3O9S3/c1-12(31(23,24)25)18-11-17(32(26,27)28)19-13-5-9-16(10-6-13)30(21,22)20-14-3-7-15(29-2)8-4-14/h3-10,12,17-20H,11H2,1-2H3,(H,23,24,25)(H,26,27,28)/t12-,17+/m1/s1. The first-order chi connectivity index (χ1) is 14.7. The Morgan fingerprint density at radius 3 is 1.84 bits per heavy atom. The molecule has 2 atom stereocenters. The van der Waals surface area contributed by atoms with Crippen molar-refractivity contribution in [1.29, 1.82) is 0 Å². The van der Waals surface area contributed by atoms with E-state index in [9.17, 15) is 29.8 Å². The molecule has 0 fully saturated rings. The van der Waals surface area contributed by atoms with Crippen LogP contribution in [0, 0.1) is 0 Å². The van der Waals surface area contributed by atoms with Gasteiger partial charge in [0.2, 0.25) is 0 Å². The molecule has 0 unspecified atom stereocenters. The number of hydrogen-bond acceptors (Lipinski definition) is 9. The molecule has 2 aromatic carbocycles. The topological polar surface area (TPSA) is 188 Å². The van der Waals surface area contributed by atoms with Gasteiger partial charge in [-0.3, -0.25) is 19.1 Å². The van der Waals surface area contributed by atoms with Crippen molar-refractivity contribution < 1.29 is 39.1 Å². The molecule has 2 rings (SSSR count). The van der Waals surface area contributed by atoms with Crippen LogP contribution in [-0.2, 0) is 30.3 Å². The molecule has 0 spiro atoms. The first-order valence-electron chi connectivity index (χ1n) is 8.92. The van der Waals surface area contributed by atoms with Gasteiger partial charge in [-0.15, -0.1) is 0 Å². The second-order valence-electron chi connectivity index (χ2n) is 6.57. The Morgan fingerprint density at radius 1 is 0.844 bits per heavy atom. The summed E-state index contributed by atoms with van der Waals surface area (Å²) in [6.07, 6.45) is 0. The van der Waals surface area contributed by atoms with Gasteiger partial charge in [-0.1, -0.05) is 0 Å². The van der Waals surface area contributed by atoms with Crippen LogP contribution in [0.1, 0.15) is 6.92 Å². The maximum absolute atomic E-state index is 12.5. The third kappa shape index (κ3) is 7.32. The van der Waals surface area contributed by atoms with Crippen molar-refractivity contribution in [3.63, 3.8) is 0 Å². The molecule has 0 heterocycles. The fourth-order valence-corrected chi connectivity index (χ4v) is 4.36. The first kappa shape index (κ1) is 25.8. The maximum Gasteiger partial charge on any atom is 0.287 e. The van der Waals surface area contributed by atoms with E-state index < -0.39 is 47.6 Å². The van der Waals surface area contributed by atoms with Gasteiger partial charge in [0, 0.05) is 17.9 Å². The van der Waals surface area contributed by atoms with Gasteiger partial charge >= 0.3 is 0 Å². The van der Waals surface area contributed by atoms with Crippen LogP contribution in [0.15, 0.2) is 53.4 Å². The molecule has 0 aliphatic carbocycles. The van der Waals surface area contributed by atoms with Crippen LogP contribution in [0.4, 0.5) is 11.4 Å². The lowest BCUT2D eigenvalue weighted by Gasteiger charge is -2.19. The largest absolute Gasteiger partial charge is 0.497 e. The minimum atomic E-state index is -4.68. The molecular weight excluding hydrogens is 486 g/mol. The summed E-state index contributed by atoms with van der Waals surface area (Å²) in [4.78, 5) is -0.111. The van der Waals surface area contributed by atoms with E-state index in [0.717, 1.165) is 6.92 Å². The summed E-state index contributed by atoms with van der Waals surface area (Å²) < 4.78 is 96.1. The van der Waals surface area contributed by atoms with E-state index in [0.29, 0.717) is 11.4 Å². The molecule has 5 N–H and O–H groups in total. The second kappa shape index (κ2) is 10.0. The van der Waals surface area contributed by atoms with Gasteiger partial charge < -0.3 is 10.1 Å². The number of sulfonamides is 1. The highest BCUT2D eigenvalue weighted by molar-refractivity contribution is 7.92. The van der Waals surface area contributed by atoms with Gasteiger partial charge in [-0.05, 0) is 55.5 Å². The van der Waals surface area contributed by atoms with E-state index in [1.54, 1.807) is 12.1 Å². The number of ether oxygens (including phenoxy) is 1. The molecule has 0 saturated carbocycles. The SMILES string of the molecule is COc1ccc(NS(=O)(=O)c2ccc(N[C@H](CN[C@@H](C)S(=O)(=O)O)S(=O)(=O)O)cc2)cc1. The predicted octanol–water partition coefficient (Wildman–Crippen LogP) is 0.945. The van der Waals surface area contributed by atoms with E-state index in [1.807, 2.05) is 0 Å². The average Bonchev–Trinajstić information content (AvgIpc) is 2.70. The quantitative estimate of drug-likeness (QED) is 0.271. The Morgan fingerprint density at radius 2 is 1.38 bits per heavy atom. The van der Waals surface area contributed by atoms with Gasteiger partial charge in [-0.2, -0.15) is 16.8 Å². The predicted molar refractivity (Wildman–Crippen MR) is 118 cm³/mol. The van der Waals surface area contributed by atoms with E-state index in [4.69, 9.17) is 9.29 Å². The van der Waals surface area contributed by atoms with Crippen molar-refractivity contribution in [2.24, 2.45) is 0 Å². The molecule has 32 heavy (non-hydrogen) atoms. The molecule has 2 aromatic rings. The number of methoxy groups -OCH3 is 1. The van der Waals surface area contributed by atoms with Crippen LogP contribution >= 0.6 is 0 Å². The molecular formula is C17H23N3O9S3. The van der Waals surface area contributed by atoms with Crippen molar-refractivity contribution >= 4 is 41.6 Å². The van der Waals surface area contributed by atoms with E-state index in [2.05, 4.69) is 15.4 Å². The Balaban J connectivity index is 2.13. The summed E-state index contributed by atoms with van der Waals surface area (Å²) in [5.41, 5.74) is 0.441. The van der Waals surface area contributed by atoms with Crippen molar-refractivity contribution in [2.75, 3.05) is 23.7 Å². The summed E-state index contributed by atoms with van der Waals surface area (Å²) in [5.74, 6) is 0.553. The Labute approximate surface area is 186 Å². The third-order valence-electron chi connectivity index (χ3n) is 4.23. The van der Waals surface area contributed by atoms with Crippen molar-refractivity contribution in [1.82, 2.24) is 5.32 Å². The fourth-order valence-electron chi connectivity index (χ4n) is 2.40. The summed E-state index contributed by atoms with van der Waals surface area (Å²) >= 11 is 0. The van der Waals surface area contributed by atoms with Crippen LogP contribution in [0.25, 0.3) is 0 Å². The average molecular weight is 510 g/mol. The van der Waals surface area contributed by atoms with Crippen LogP contribution in [-0.4, -0.2) is 58.8 Å². The lowest BCUT2D eigenvalue weighted by Crippen LogP contribution is -2.44. The third-order valence-corrected chi connectivity index (χ3v) is 7.69. The monoisotopic (exact) mass is 509 g/mol. The summed E-state index contributed by atoms with van der Waals surface area (Å²) in [5, 5.41) is 1.57. The van der Waals surface area contributed by atoms with E-state index in [-0.39, 0.29) is 10.6 Å². The smallest absolute Gasteiger partial charge is 0.287 e. The maximum atomic E-state index is 12.5. The summed E-state index contributed by atoms with van der Waals surface area (Å²) in [6, 6.07) is 11.2. The van der Waals surface area contributed by atoms with Crippen LogP contribution < -0.4 is 20.1 Å². The number of rotatable bonds is 11. The number of benzene rings is 2. The zero-order valence-electron chi connectivity index (χ0n) is 17.0. The highest BCUT2D eigenvalue weighted by Gasteiger charge is 2.26. The fraction of sp³-hybridized carbons (Fsp3) is 0.294. The molecule has 0 saturated heterocycles. The summed E-state index contributed by atoms with van der Waals surface area (Å²) in [6.45, 7) is 0.519. The Kier molecular flexibility index (Phi) is 8.08. The molecule has 0 aromatic heterocycles. The number of hydrogen-bond donors (Lipinski definition) is 5. The molecule has 178 valence electrons. The van der Waals surface area contributed by atoms with Crippen molar-refractivity contribution in [3.05, 3.63) is 48.5 Å². The molecule has 0 amide bonds. The second-order valence-corrected chi connectivity index (χ2v) is 11.6. The zero-order valence-corrected chi connectivity index (χ0v) is 19.4. The van der Waals surface area contributed by atoms with Crippen LogP contribution in [0.2, 0.25) is 0 Å². The van der Waals surface area contributed by atoms with E-state index in [1.165, 1.54) is 43.5 Å². The molecule has 0 radical (unpaired) electrons. The lowest BCUT2D eigenvalue weighted by atomic mass is 10.3. The molecule has 0 aliphatic rings. The summed E-state index contributed by atoms with van der Waals surface area (Å²) in [7, 11) is -11.6. The number of nitrogens with one attached hydrogen (secondary N) is 3. The lowest BCUT2D eigenvalue weighted by molar-refractivity contribution is 0.415. The Bertz CT molecular complexity index is 1230.